The zero-order chi connectivity index (χ0) is 23.8. The van der Waals surface area contributed by atoms with Crippen LogP contribution in [-0.4, -0.2) is 37.0 Å². The largest absolute Gasteiger partial charge is 0.491 e. The standard InChI is InChI=1S/C26H31N3O5/c30-24(18-5-2-1-3-6-18)27-21-12-8-19(9-13-21)25(31)28-29-26(32)20-10-14-22(15-11-20)34-17-23-7-4-16-33-23/h8-15,18,23H,1-7,16-17H2,(H,27,30)(H,28,31)(H,29,32). The van der Waals surface area contributed by atoms with Crippen LogP contribution in [0.15, 0.2) is 48.5 Å². The molecule has 0 spiro atoms. The van der Waals surface area contributed by atoms with Crippen molar-refractivity contribution in [3.05, 3.63) is 59.7 Å². The number of hydrazine groups is 1. The molecule has 2 aliphatic rings. The lowest BCUT2D eigenvalue weighted by Crippen LogP contribution is -2.41. The Morgan fingerprint density at radius 2 is 1.41 bits per heavy atom. The normalized spacial score (nSPS) is 18.2. The zero-order valence-electron chi connectivity index (χ0n) is 19.2. The first-order valence-corrected chi connectivity index (χ1v) is 11.9. The summed E-state index contributed by atoms with van der Waals surface area (Å²) in [4.78, 5) is 37.1. The molecule has 1 saturated heterocycles. The van der Waals surface area contributed by atoms with Crippen LogP contribution >= 0.6 is 0 Å². The predicted molar refractivity (Wildman–Crippen MR) is 127 cm³/mol. The highest BCUT2D eigenvalue weighted by Gasteiger charge is 2.21. The van der Waals surface area contributed by atoms with Gasteiger partial charge in [0.1, 0.15) is 12.4 Å². The molecule has 3 amide bonds. The Morgan fingerprint density at radius 3 is 2.00 bits per heavy atom. The van der Waals surface area contributed by atoms with Gasteiger partial charge in [-0.3, -0.25) is 25.2 Å². The fourth-order valence-electron chi connectivity index (χ4n) is 4.24. The van der Waals surface area contributed by atoms with Crippen LogP contribution in [0.25, 0.3) is 0 Å². The fourth-order valence-corrected chi connectivity index (χ4v) is 4.24. The molecule has 4 rings (SSSR count). The van der Waals surface area contributed by atoms with Crippen LogP contribution in [0.3, 0.4) is 0 Å². The molecule has 0 bridgehead atoms. The highest BCUT2D eigenvalue weighted by molar-refractivity contribution is 5.99. The smallest absolute Gasteiger partial charge is 0.269 e. The van der Waals surface area contributed by atoms with Gasteiger partial charge in [-0.25, -0.2) is 0 Å². The molecule has 8 heteroatoms. The summed E-state index contributed by atoms with van der Waals surface area (Å²) in [5.74, 6) is -0.126. The van der Waals surface area contributed by atoms with E-state index in [1.54, 1.807) is 48.5 Å². The van der Waals surface area contributed by atoms with Crippen molar-refractivity contribution < 1.29 is 23.9 Å². The molecule has 0 radical (unpaired) electrons. The number of ether oxygens (including phenoxy) is 2. The number of hydrogen-bond acceptors (Lipinski definition) is 5. The van der Waals surface area contributed by atoms with Crippen LogP contribution in [0.2, 0.25) is 0 Å². The topological polar surface area (TPSA) is 106 Å². The Kier molecular flexibility index (Phi) is 8.14. The van der Waals surface area contributed by atoms with Gasteiger partial charge < -0.3 is 14.8 Å². The van der Waals surface area contributed by atoms with E-state index in [4.69, 9.17) is 9.47 Å². The molecule has 1 unspecified atom stereocenters. The molecule has 1 saturated carbocycles. The summed E-state index contributed by atoms with van der Waals surface area (Å²) in [6.07, 6.45) is 7.42. The Hall–Kier alpha value is -3.39. The summed E-state index contributed by atoms with van der Waals surface area (Å²) in [6, 6.07) is 13.3. The Balaban J connectivity index is 1.21. The maximum Gasteiger partial charge on any atom is 0.269 e. The summed E-state index contributed by atoms with van der Waals surface area (Å²) in [5.41, 5.74) is 6.24. The van der Waals surface area contributed by atoms with Crippen molar-refractivity contribution in [2.24, 2.45) is 5.92 Å². The third-order valence-electron chi connectivity index (χ3n) is 6.26. The van der Waals surface area contributed by atoms with Crippen molar-refractivity contribution in [3.8, 4) is 5.75 Å². The van der Waals surface area contributed by atoms with E-state index in [0.29, 0.717) is 29.2 Å². The van der Waals surface area contributed by atoms with Crippen molar-refractivity contribution in [1.29, 1.82) is 0 Å². The van der Waals surface area contributed by atoms with E-state index >= 15 is 0 Å². The van der Waals surface area contributed by atoms with Crippen molar-refractivity contribution in [3.63, 3.8) is 0 Å². The third-order valence-corrected chi connectivity index (χ3v) is 6.26. The second-order valence-corrected chi connectivity index (χ2v) is 8.78. The van der Waals surface area contributed by atoms with Gasteiger partial charge >= 0.3 is 0 Å². The van der Waals surface area contributed by atoms with Crippen LogP contribution < -0.4 is 20.9 Å². The number of hydrogen-bond donors (Lipinski definition) is 3. The van der Waals surface area contributed by atoms with Gasteiger partial charge in [-0.1, -0.05) is 19.3 Å². The predicted octanol–water partition coefficient (Wildman–Crippen LogP) is 3.84. The minimum atomic E-state index is -0.449. The van der Waals surface area contributed by atoms with Gasteiger partial charge in [0.25, 0.3) is 11.8 Å². The highest BCUT2D eigenvalue weighted by Crippen LogP contribution is 2.25. The van der Waals surface area contributed by atoms with E-state index in [9.17, 15) is 14.4 Å². The molecule has 34 heavy (non-hydrogen) atoms. The van der Waals surface area contributed by atoms with Crippen LogP contribution in [0.4, 0.5) is 5.69 Å². The minimum Gasteiger partial charge on any atom is -0.491 e. The van der Waals surface area contributed by atoms with Crippen molar-refractivity contribution in [2.75, 3.05) is 18.5 Å². The summed E-state index contributed by atoms with van der Waals surface area (Å²) in [5, 5.41) is 2.92. The Bertz CT molecular complexity index is 979. The first kappa shape index (κ1) is 23.8. The second-order valence-electron chi connectivity index (χ2n) is 8.78. The van der Waals surface area contributed by atoms with E-state index in [1.165, 1.54) is 6.42 Å². The van der Waals surface area contributed by atoms with Crippen LogP contribution in [0.5, 0.6) is 5.75 Å². The number of nitrogens with one attached hydrogen (secondary N) is 3. The first-order chi connectivity index (χ1) is 16.6. The van der Waals surface area contributed by atoms with E-state index in [-0.39, 0.29) is 17.9 Å². The number of carbonyl (C=O) groups is 3. The molecule has 1 atom stereocenters. The fraction of sp³-hybridized carbons (Fsp3) is 0.423. The summed E-state index contributed by atoms with van der Waals surface area (Å²) in [7, 11) is 0. The van der Waals surface area contributed by atoms with Gasteiger partial charge in [0.15, 0.2) is 0 Å². The van der Waals surface area contributed by atoms with Crippen LogP contribution in [0.1, 0.15) is 65.7 Å². The monoisotopic (exact) mass is 465 g/mol. The third kappa shape index (κ3) is 6.57. The molecule has 2 aromatic carbocycles. The van der Waals surface area contributed by atoms with Gasteiger partial charge in [0.05, 0.1) is 6.10 Å². The average molecular weight is 466 g/mol. The molecule has 1 heterocycles. The first-order valence-electron chi connectivity index (χ1n) is 11.9. The van der Waals surface area contributed by atoms with Crippen LogP contribution in [0, 0.1) is 5.92 Å². The number of anilines is 1. The molecule has 0 aromatic heterocycles. The van der Waals surface area contributed by atoms with E-state index < -0.39 is 11.8 Å². The minimum absolute atomic E-state index is 0.0347. The summed E-state index contributed by atoms with van der Waals surface area (Å²) >= 11 is 0. The van der Waals surface area contributed by atoms with E-state index in [0.717, 1.165) is 45.1 Å². The quantitative estimate of drug-likeness (QED) is 0.539. The molecule has 1 aliphatic carbocycles. The number of rotatable bonds is 7. The molecule has 3 N–H and O–H groups in total. The lowest BCUT2D eigenvalue weighted by molar-refractivity contribution is -0.120. The maximum atomic E-state index is 12.4. The summed E-state index contributed by atoms with van der Waals surface area (Å²) < 4.78 is 11.2. The summed E-state index contributed by atoms with van der Waals surface area (Å²) in [6.45, 7) is 1.27. The zero-order valence-corrected chi connectivity index (χ0v) is 19.2. The number of carbonyl (C=O) groups excluding carboxylic acids is 3. The molecule has 2 aromatic rings. The average Bonchev–Trinajstić information content (AvgIpc) is 3.41. The van der Waals surface area contributed by atoms with Crippen LogP contribution in [-0.2, 0) is 9.53 Å². The molecule has 2 fully saturated rings. The molecular formula is C26H31N3O5. The number of benzene rings is 2. The van der Waals surface area contributed by atoms with Crippen molar-refractivity contribution in [2.45, 2.75) is 51.0 Å². The maximum absolute atomic E-state index is 12.4. The lowest BCUT2D eigenvalue weighted by Gasteiger charge is -2.20. The lowest BCUT2D eigenvalue weighted by atomic mass is 9.88. The molecule has 180 valence electrons. The van der Waals surface area contributed by atoms with Gasteiger partial charge in [-0.15, -0.1) is 0 Å². The van der Waals surface area contributed by atoms with Gasteiger partial charge in [0.2, 0.25) is 5.91 Å². The SMILES string of the molecule is O=C(NNC(=O)c1ccc(OCC2CCCO2)cc1)c1ccc(NC(=O)C2CCCCC2)cc1. The van der Waals surface area contributed by atoms with E-state index in [2.05, 4.69) is 16.2 Å². The highest BCUT2D eigenvalue weighted by atomic mass is 16.5. The van der Waals surface area contributed by atoms with Gasteiger partial charge in [0, 0.05) is 29.3 Å². The molecule has 8 nitrogen and oxygen atoms in total. The van der Waals surface area contributed by atoms with Gasteiger partial charge in [-0.05, 0) is 74.2 Å². The van der Waals surface area contributed by atoms with Crippen molar-refractivity contribution >= 4 is 23.4 Å². The molecular weight excluding hydrogens is 434 g/mol. The Labute approximate surface area is 199 Å². The van der Waals surface area contributed by atoms with Crippen molar-refractivity contribution in [1.82, 2.24) is 10.9 Å². The number of amides is 3. The molecule has 1 aliphatic heterocycles. The van der Waals surface area contributed by atoms with Gasteiger partial charge in [-0.2, -0.15) is 0 Å². The Morgan fingerprint density at radius 1 is 0.794 bits per heavy atom. The van der Waals surface area contributed by atoms with E-state index in [1.807, 2.05) is 0 Å². The second kappa shape index (κ2) is 11.7.